The molecule has 2 aliphatic carbocycles. The summed E-state index contributed by atoms with van der Waals surface area (Å²) in [6.07, 6.45) is 2.37. The van der Waals surface area contributed by atoms with Crippen LogP contribution < -0.4 is 10.6 Å². The highest BCUT2D eigenvalue weighted by atomic mass is 32.1. The average Bonchev–Trinajstić information content (AvgIpc) is 3.55. The number of aromatic nitrogens is 2. The Morgan fingerprint density at radius 2 is 2.15 bits per heavy atom. The van der Waals surface area contributed by atoms with Crippen LogP contribution in [0.3, 0.4) is 0 Å². The van der Waals surface area contributed by atoms with Crippen LogP contribution in [0.25, 0.3) is 0 Å². The standard InChI is InChI=1S/C18H19FN4O3S/c1-9-22-23-17(27-9)21-16(24)11-4-5-14(19)12(6-11)13-7-15(13)20-18(25)26-8-10-2-3-10/h4-6,10,13,15H,2-3,7-8H2,1H3,(H,20,25)(H,21,23,24)/t13-,15+/m0/s1. The van der Waals surface area contributed by atoms with Crippen LogP contribution >= 0.6 is 11.3 Å². The highest BCUT2D eigenvalue weighted by Gasteiger charge is 2.42. The van der Waals surface area contributed by atoms with Gasteiger partial charge in [0.1, 0.15) is 10.8 Å². The molecule has 2 aromatic rings. The van der Waals surface area contributed by atoms with Crippen molar-refractivity contribution in [2.75, 3.05) is 11.9 Å². The first kappa shape index (κ1) is 17.8. The maximum Gasteiger partial charge on any atom is 0.407 e. The minimum Gasteiger partial charge on any atom is -0.449 e. The number of carbonyl (C=O) groups excluding carboxylic acids is 2. The van der Waals surface area contributed by atoms with Gasteiger partial charge in [0.25, 0.3) is 5.91 Å². The molecule has 0 spiro atoms. The summed E-state index contributed by atoms with van der Waals surface area (Å²) in [5.41, 5.74) is 0.754. The lowest BCUT2D eigenvalue weighted by atomic mass is 10.1. The van der Waals surface area contributed by atoms with Crippen LogP contribution in [0.4, 0.5) is 14.3 Å². The Balaban J connectivity index is 1.37. The van der Waals surface area contributed by atoms with Gasteiger partial charge in [-0.05, 0) is 55.9 Å². The van der Waals surface area contributed by atoms with Gasteiger partial charge in [0.15, 0.2) is 0 Å². The minimum absolute atomic E-state index is 0.157. The average molecular weight is 390 g/mol. The number of amides is 2. The predicted octanol–water partition coefficient (Wildman–Crippen LogP) is 3.23. The fourth-order valence-electron chi connectivity index (χ4n) is 2.85. The summed E-state index contributed by atoms with van der Waals surface area (Å²) in [7, 11) is 0. The molecule has 142 valence electrons. The maximum atomic E-state index is 14.2. The van der Waals surface area contributed by atoms with E-state index in [0.717, 1.165) is 17.8 Å². The highest BCUT2D eigenvalue weighted by molar-refractivity contribution is 7.15. The first-order chi connectivity index (χ1) is 13.0. The number of hydrogen-bond donors (Lipinski definition) is 2. The number of hydrogen-bond acceptors (Lipinski definition) is 6. The lowest BCUT2D eigenvalue weighted by Gasteiger charge is -2.08. The van der Waals surface area contributed by atoms with Crippen molar-refractivity contribution in [3.05, 3.63) is 40.2 Å². The van der Waals surface area contributed by atoms with Gasteiger partial charge in [-0.2, -0.15) is 0 Å². The summed E-state index contributed by atoms with van der Waals surface area (Å²) in [5, 5.41) is 14.2. The Morgan fingerprint density at radius 1 is 1.33 bits per heavy atom. The number of benzene rings is 1. The molecule has 9 heteroatoms. The second kappa shape index (κ2) is 7.22. The van der Waals surface area contributed by atoms with Gasteiger partial charge in [-0.3, -0.25) is 10.1 Å². The molecule has 2 aliphatic rings. The molecule has 2 fully saturated rings. The fraction of sp³-hybridized carbons (Fsp3) is 0.444. The van der Waals surface area contributed by atoms with E-state index in [1.165, 1.54) is 29.5 Å². The van der Waals surface area contributed by atoms with Gasteiger partial charge in [-0.25, -0.2) is 9.18 Å². The second-order valence-corrected chi connectivity index (χ2v) is 8.13. The van der Waals surface area contributed by atoms with Gasteiger partial charge >= 0.3 is 6.09 Å². The zero-order valence-corrected chi connectivity index (χ0v) is 15.5. The van der Waals surface area contributed by atoms with E-state index in [1.807, 2.05) is 0 Å². The van der Waals surface area contributed by atoms with Gasteiger partial charge in [0, 0.05) is 17.5 Å². The van der Waals surface area contributed by atoms with E-state index >= 15 is 0 Å². The Hall–Kier alpha value is -2.55. The predicted molar refractivity (Wildman–Crippen MR) is 97.4 cm³/mol. The van der Waals surface area contributed by atoms with E-state index in [4.69, 9.17) is 4.74 Å². The first-order valence-electron chi connectivity index (χ1n) is 8.84. The number of halogens is 1. The van der Waals surface area contributed by atoms with Crippen molar-refractivity contribution in [3.8, 4) is 0 Å². The Morgan fingerprint density at radius 3 is 2.85 bits per heavy atom. The van der Waals surface area contributed by atoms with Crippen LogP contribution in [0.2, 0.25) is 0 Å². The lowest BCUT2D eigenvalue weighted by molar-refractivity contribution is 0.102. The SMILES string of the molecule is Cc1nnc(NC(=O)c2ccc(F)c([C@@H]3C[C@H]3NC(=O)OCC3CC3)c2)s1. The monoisotopic (exact) mass is 390 g/mol. The summed E-state index contributed by atoms with van der Waals surface area (Å²) in [5.74, 6) is -0.425. The van der Waals surface area contributed by atoms with E-state index in [1.54, 1.807) is 6.92 Å². The van der Waals surface area contributed by atoms with E-state index in [-0.39, 0.29) is 23.7 Å². The molecule has 2 amide bonds. The zero-order valence-electron chi connectivity index (χ0n) is 14.7. The van der Waals surface area contributed by atoms with Crippen molar-refractivity contribution < 1.29 is 18.7 Å². The smallest absolute Gasteiger partial charge is 0.407 e. The summed E-state index contributed by atoms with van der Waals surface area (Å²) >= 11 is 1.27. The number of carbonyl (C=O) groups is 2. The molecular weight excluding hydrogens is 371 g/mol. The number of rotatable bonds is 6. The van der Waals surface area contributed by atoms with E-state index in [2.05, 4.69) is 20.8 Å². The molecule has 0 unspecified atom stereocenters. The molecule has 7 nitrogen and oxygen atoms in total. The normalized spacial score (nSPS) is 20.8. The van der Waals surface area contributed by atoms with Gasteiger partial charge in [-0.15, -0.1) is 10.2 Å². The molecule has 27 heavy (non-hydrogen) atoms. The van der Waals surface area contributed by atoms with Crippen LogP contribution in [0, 0.1) is 18.7 Å². The molecule has 2 atom stereocenters. The van der Waals surface area contributed by atoms with Gasteiger partial charge in [0.2, 0.25) is 5.13 Å². The highest BCUT2D eigenvalue weighted by Crippen LogP contribution is 2.42. The summed E-state index contributed by atoms with van der Waals surface area (Å²) < 4.78 is 19.4. The van der Waals surface area contributed by atoms with Gasteiger partial charge < -0.3 is 10.1 Å². The first-order valence-corrected chi connectivity index (χ1v) is 9.65. The lowest BCUT2D eigenvalue weighted by Crippen LogP contribution is -2.28. The second-order valence-electron chi connectivity index (χ2n) is 6.95. The maximum absolute atomic E-state index is 14.2. The quantitative estimate of drug-likeness (QED) is 0.790. The molecule has 1 aromatic heterocycles. The molecule has 1 aromatic carbocycles. The number of ether oxygens (including phenoxy) is 1. The van der Waals surface area contributed by atoms with Gasteiger partial charge in [-0.1, -0.05) is 11.3 Å². The van der Waals surface area contributed by atoms with Crippen LogP contribution in [-0.2, 0) is 4.74 Å². The molecule has 0 saturated heterocycles. The van der Waals surface area contributed by atoms with Crippen LogP contribution in [0.5, 0.6) is 0 Å². The molecule has 1 heterocycles. The van der Waals surface area contributed by atoms with Crippen molar-refractivity contribution in [1.82, 2.24) is 15.5 Å². The van der Waals surface area contributed by atoms with Crippen LogP contribution in [-0.4, -0.2) is 34.8 Å². The van der Waals surface area contributed by atoms with Gasteiger partial charge in [0.05, 0.1) is 6.61 Å². The molecule has 2 N–H and O–H groups in total. The summed E-state index contributed by atoms with van der Waals surface area (Å²) in [6.45, 7) is 2.23. The fourth-order valence-corrected chi connectivity index (χ4v) is 3.44. The molecule has 2 saturated carbocycles. The molecular formula is C18H19FN4O3S. The third-order valence-corrected chi connectivity index (χ3v) is 5.40. The third kappa shape index (κ3) is 4.41. The van der Waals surface area contributed by atoms with Crippen LogP contribution in [0.1, 0.15) is 46.1 Å². The Labute approximate surface area is 159 Å². The molecule has 0 bridgehead atoms. The minimum atomic E-state index is -0.463. The van der Waals surface area contributed by atoms with Crippen molar-refractivity contribution in [1.29, 1.82) is 0 Å². The number of aryl methyl sites for hydroxylation is 1. The van der Waals surface area contributed by atoms with Crippen molar-refractivity contribution in [2.24, 2.45) is 5.92 Å². The molecule has 4 rings (SSSR count). The van der Waals surface area contributed by atoms with E-state index in [0.29, 0.717) is 35.2 Å². The van der Waals surface area contributed by atoms with Crippen molar-refractivity contribution in [3.63, 3.8) is 0 Å². The zero-order chi connectivity index (χ0) is 19.0. The number of nitrogens with zero attached hydrogens (tertiary/aromatic N) is 2. The van der Waals surface area contributed by atoms with E-state index < -0.39 is 6.09 Å². The van der Waals surface area contributed by atoms with Crippen LogP contribution in [0.15, 0.2) is 18.2 Å². The van der Waals surface area contributed by atoms with E-state index in [9.17, 15) is 14.0 Å². The topological polar surface area (TPSA) is 93.2 Å². The third-order valence-electron chi connectivity index (χ3n) is 4.64. The summed E-state index contributed by atoms with van der Waals surface area (Å²) in [4.78, 5) is 24.1. The number of alkyl carbamates (subject to hydrolysis) is 1. The number of anilines is 1. The van der Waals surface area contributed by atoms with Crippen molar-refractivity contribution >= 4 is 28.5 Å². The number of nitrogens with one attached hydrogen (secondary N) is 2. The molecule has 0 aliphatic heterocycles. The largest absolute Gasteiger partial charge is 0.449 e. The van der Waals surface area contributed by atoms with Crippen molar-refractivity contribution in [2.45, 2.75) is 38.1 Å². The Kier molecular flexibility index (Phi) is 4.77. The summed E-state index contributed by atoms with van der Waals surface area (Å²) in [6, 6.07) is 4.06. The molecule has 0 radical (unpaired) electrons. The Bertz CT molecular complexity index is 883.